The van der Waals surface area contributed by atoms with E-state index in [-0.39, 0.29) is 23.3 Å². The van der Waals surface area contributed by atoms with Gasteiger partial charge in [0.05, 0.1) is 16.9 Å². The predicted octanol–water partition coefficient (Wildman–Crippen LogP) is 3.25. The summed E-state index contributed by atoms with van der Waals surface area (Å²) in [7, 11) is 1.73. The quantitative estimate of drug-likeness (QED) is 0.642. The number of piperazine rings is 1. The molecule has 1 fully saturated rings. The second-order valence-electron chi connectivity index (χ2n) is 7.51. The van der Waals surface area contributed by atoms with E-state index in [1.165, 1.54) is 24.3 Å². The molecule has 2 aromatic carbocycles. The molecule has 0 radical (unpaired) electrons. The molecule has 0 N–H and O–H groups in total. The zero-order valence-corrected chi connectivity index (χ0v) is 17.6. The minimum atomic E-state index is -0.361. The molecule has 2 heterocycles. The van der Waals surface area contributed by atoms with Gasteiger partial charge < -0.3 is 4.90 Å². The Kier molecular flexibility index (Phi) is 5.58. The highest BCUT2D eigenvalue weighted by Crippen LogP contribution is 2.22. The Morgan fingerprint density at radius 1 is 1.10 bits per heavy atom. The first-order valence-corrected chi connectivity index (χ1v) is 10.2. The summed E-state index contributed by atoms with van der Waals surface area (Å²) in [4.78, 5) is 34.1. The third-order valence-electron chi connectivity index (χ3n) is 5.69. The maximum atomic E-state index is 13.1. The monoisotopic (exact) mass is 428 g/mol. The highest BCUT2D eigenvalue weighted by atomic mass is 35.5. The summed E-state index contributed by atoms with van der Waals surface area (Å²) in [5, 5.41) is 1.07. The third-order valence-corrected chi connectivity index (χ3v) is 5.92. The van der Waals surface area contributed by atoms with E-state index >= 15 is 0 Å². The predicted molar refractivity (Wildman–Crippen MR) is 114 cm³/mol. The molecular formula is C22H22ClFN4O2. The third kappa shape index (κ3) is 3.82. The van der Waals surface area contributed by atoms with Crippen LogP contribution in [0.4, 0.5) is 4.39 Å². The van der Waals surface area contributed by atoms with Gasteiger partial charge >= 0.3 is 0 Å². The summed E-state index contributed by atoms with van der Waals surface area (Å²) in [6, 6.07) is 10.6. The lowest BCUT2D eigenvalue weighted by Crippen LogP contribution is -2.49. The van der Waals surface area contributed by atoms with E-state index in [9.17, 15) is 14.0 Å². The van der Waals surface area contributed by atoms with Gasteiger partial charge in [0, 0.05) is 43.8 Å². The number of amides is 1. The first-order valence-electron chi connectivity index (χ1n) is 9.80. The smallest absolute Gasteiger partial charge is 0.261 e. The van der Waals surface area contributed by atoms with Crippen LogP contribution in [0.3, 0.4) is 0 Å². The number of nitrogens with zero attached hydrogens (tertiary/aromatic N) is 4. The number of carbonyl (C=O) groups excluding carboxylic acids is 1. The Hall–Kier alpha value is -2.77. The first-order chi connectivity index (χ1) is 14.3. The molecule has 1 aliphatic heterocycles. The SMILES string of the molecule is CC(c1nc2cc(Cl)ccc2c(=O)n1C)N1CCN(C(=O)c2ccc(F)cc2)CC1. The van der Waals surface area contributed by atoms with Crippen LogP contribution in [0.5, 0.6) is 0 Å². The lowest BCUT2D eigenvalue weighted by atomic mass is 10.1. The summed E-state index contributed by atoms with van der Waals surface area (Å²) >= 11 is 6.08. The standard InChI is InChI=1S/C22H22ClFN4O2/c1-14(20-25-19-13-16(23)5-8-18(19)22(30)26(20)2)27-9-11-28(12-10-27)21(29)15-3-6-17(24)7-4-15/h3-8,13-14H,9-12H2,1-2H3. The van der Waals surface area contributed by atoms with Crippen molar-refractivity contribution in [2.45, 2.75) is 13.0 Å². The summed E-state index contributed by atoms with van der Waals surface area (Å²) in [6.07, 6.45) is 0. The molecule has 1 atom stereocenters. The Balaban J connectivity index is 1.51. The summed E-state index contributed by atoms with van der Waals surface area (Å²) in [5.41, 5.74) is 0.953. The molecule has 1 aromatic heterocycles. The number of carbonyl (C=O) groups is 1. The lowest BCUT2D eigenvalue weighted by Gasteiger charge is -2.38. The maximum absolute atomic E-state index is 13.1. The van der Waals surface area contributed by atoms with Gasteiger partial charge in [0.1, 0.15) is 11.6 Å². The fraction of sp³-hybridized carbons (Fsp3) is 0.318. The molecule has 1 aliphatic rings. The largest absolute Gasteiger partial charge is 0.336 e. The first kappa shape index (κ1) is 20.5. The van der Waals surface area contributed by atoms with Crippen LogP contribution >= 0.6 is 11.6 Å². The molecule has 30 heavy (non-hydrogen) atoms. The van der Waals surface area contributed by atoms with Crippen molar-refractivity contribution in [3.8, 4) is 0 Å². The molecule has 0 bridgehead atoms. The second-order valence-corrected chi connectivity index (χ2v) is 7.94. The molecule has 8 heteroatoms. The zero-order valence-electron chi connectivity index (χ0n) is 16.8. The molecule has 3 aromatic rings. The molecule has 6 nitrogen and oxygen atoms in total. The van der Waals surface area contributed by atoms with Crippen LogP contribution in [0.2, 0.25) is 5.02 Å². The molecule has 0 saturated carbocycles. The molecule has 0 aliphatic carbocycles. The van der Waals surface area contributed by atoms with E-state index in [0.29, 0.717) is 53.5 Å². The fourth-order valence-electron chi connectivity index (χ4n) is 3.89. The van der Waals surface area contributed by atoms with Gasteiger partial charge in [-0.05, 0) is 49.4 Å². The molecular weight excluding hydrogens is 407 g/mol. The Bertz CT molecular complexity index is 1150. The van der Waals surface area contributed by atoms with Crippen LogP contribution < -0.4 is 5.56 Å². The molecule has 0 spiro atoms. The molecule has 156 valence electrons. The van der Waals surface area contributed by atoms with E-state index in [1.54, 1.807) is 34.7 Å². The van der Waals surface area contributed by atoms with Crippen LogP contribution in [0.25, 0.3) is 10.9 Å². The topological polar surface area (TPSA) is 58.4 Å². The van der Waals surface area contributed by atoms with Gasteiger partial charge in [0.25, 0.3) is 11.5 Å². The Labute approximate surface area is 178 Å². The zero-order chi connectivity index (χ0) is 21.4. The van der Waals surface area contributed by atoms with Gasteiger partial charge in [0.2, 0.25) is 0 Å². The normalized spacial score (nSPS) is 16.1. The number of hydrogen-bond acceptors (Lipinski definition) is 4. The van der Waals surface area contributed by atoms with E-state index in [0.717, 1.165) is 0 Å². The Morgan fingerprint density at radius 2 is 1.77 bits per heavy atom. The molecule has 1 amide bonds. The summed E-state index contributed by atoms with van der Waals surface area (Å²) < 4.78 is 14.7. The van der Waals surface area contributed by atoms with E-state index < -0.39 is 0 Å². The lowest BCUT2D eigenvalue weighted by molar-refractivity contribution is 0.0572. The van der Waals surface area contributed by atoms with Gasteiger partial charge in [-0.1, -0.05) is 11.6 Å². The van der Waals surface area contributed by atoms with Crippen molar-refractivity contribution in [1.82, 2.24) is 19.4 Å². The molecule has 1 unspecified atom stereocenters. The fourth-order valence-corrected chi connectivity index (χ4v) is 4.05. The van der Waals surface area contributed by atoms with E-state index in [2.05, 4.69) is 4.90 Å². The van der Waals surface area contributed by atoms with Crippen molar-refractivity contribution in [1.29, 1.82) is 0 Å². The minimum absolute atomic E-state index is 0.103. The second kappa shape index (κ2) is 8.16. The number of hydrogen-bond donors (Lipinski definition) is 0. The Morgan fingerprint density at radius 3 is 2.43 bits per heavy atom. The van der Waals surface area contributed by atoms with Crippen LogP contribution in [-0.4, -0.2) is 51.4 Å². The van der Waals surface area contributed by atoms with Gasteiger partial charge in [-0.3, -0.25) is 19.1 Å². The molecule has 4 rings (SSSR count). The van der Waals surface area contributed by atoms with E-state index in [4.69, 9.17) is 16.6 Å². The van der Waals surface area contributed by atoms with Crippen LogP contribution in [0.15, 0.2) is 47.3 Å². The molecule has 1 saturated heterocycles. The van der Waals surface area contributed by atoms with Crippen LogP contribution in [0, 0.1) is 5.82 Å². The van der Waals surface area contributed by atoms with Crippen molar-refractivity contribution >= 4 is 28.4 Å². The van der Waals surface area contributed by atoms with Crippen molar-refractivity contribution in [2.75, 3.05) is 26.2 Å². The number of aromatic nitrogens is 2. The minimum Gasteiger partial charge on any atom is -0.336 e. The van der Waals surface area contributed by atoms with Gasteiger partial charge in [-0.15, -0.1) is 0 Å². The number of rotatable bonds is 3. The maximum Gasteiger partial charge on any atom is 0.261 e. The van der Waals surface area contributed by atoms with Crippen LogP contribution in [0.1, 0.15) is 29.1 Å². The summed E-state index contributed by atoms with van der Waals surface area (Å²) in [6.45, 7) is 4.41. The average molecular weight is 429 g/mol. The van der Waals surface area contributed by atoms with Crippen molar-refractivity contribution in [3.05, 3.63) is 75.0 Å². The van der Waals surface area contributed by atoms with Gasteiger partial charge in [0.15, 0.2) is 0 Å². The number of benzene rings is 2. The number of halogens is 2. The van der Waals surface area contributed by atoms with Crippen LogP contribution in [-0.2, 0) is 7.05 Å². The highest BCUT2D eigenvalue weighted by molar-refractivity contribution is 6.31. The van der Waals surface area contributed by atoms with Crippen molar-refractivity contribution < 1.29 is 9.18 Å². The van der Waals surface area contributed by atoms with Gasteiger partial charge in [-0.25, -0.2) is 9.37 Å². The number of fused-ring (bicyclic) bond motifs is 1. The van der Waals surface area contributed by atoms with Gasteiger partial charge in [-0.2, -0.15) is 0 Å². The van der Waals surface area contributed by atoms with Crippen molar-refractivity contribution in [3.63, 3.8) is 0 Å². The van der Waals surface area contributed by atoms with Crippen molar-refractivity contribution in [2.24, 2.45) is 7.05 Å². The van der Waals surface area contributed by atoms with E-state index in [1.807, 2.05) is 6.92 Å². The highest BCUT2D eigenvalue weighted by Gasteiger charge is 2.27. The average Bonchev–Trinajstić information content (AvgIpc) is 2.76. The summed E-state index contributed by atoms with van der Waals surface area (Å²) in [5.74, 6) is 0.196.